The third-order valence-corrected chi connectivity index (χ3v) is 4.43. The second kappa shape index (κ2) is 5.58. The second-order valence-corrected chi connectivity index (χ2v) is 6.14. The lowest BCUT2D eigenvalue weighted by molar-refractivity contribution is 0.306. The van der Waals surface area contributed by atoms with Gasteiger partial charge in [0.1, 0.15) is 17.9 Å². The zero-order chi connectivity index (χ0) is 15.8. The van der Waals surface area contributed by atoms with Crippen LogP contribution >= 0.6 is 0 Å². The molecule has 1 aromatic heterocycles. The van der Waals surface area contributed by atoms with Crippen LogP contribution in [0.2, 0.25) is 0 Å². The zero-order valence-corrected chi connectivity index (χ0v) is 13.1. The Morgan fingerprint density at radius 1 is 1.09 bits per heavy atom. The van der Waals surface area contributed by atoms with E-state index >= 15 is 0 Å². The molecule has 2 aromatic carbocycles. The Hall–Kier alpha value is -2.55. The smallest absolute Gasteiger partial charge is 0.339 e. The van der Waals surface area contributed by atoms with Gasteiger partial charge >= 0.3 is 5.63 Å². The number of hydrogen-bond acceptors (Lipinski definition) is 3. The molecule has 0 atom stereocenters. The Morgan fingerprint density at radius 2 is 1.96 bits per heavy atom. The number of benzene rings is 2. The van der Waals surface area contributed by atoms with Crippen molar-refractivity contribution in [2.24, 2.45) is 0 Å². The van der Waals surface area contributed by atoms with Gasteiger partial charge in [-0.15, -0.1) is 0 Å². The highest BCUT2D eigenvalue weighted by Crippen LogP contribution is 2.29. The molecule has 1 aliphatic carbocycles. The van der Waals surface area contributed by atoms with Gasteiger partial charge in [0, 0.05) is 17.0 Å². The van der Waals surface area contributed by atoms with E-state index in [9.17, 15) is 4.79 Å². The van der Waals surface area contributed by atoms with Crippen LogP contribution in [0.4, 0.5) is 0 Å². The Labute approximate surface area is 134 Å². The molecule has 0 saturated carbocycles. The first-order valence-corrected chi connectivity index (χ1v) is 7.98. The molecular formula is C20H18O3. The molecule has 116 valence electrons. The molecule has 0 saturated heterocycles. The molecular weight excluding hydrogens is 288 g/mol. The van der Waals surface area contributed by atoms with Gasteiger partial charge in [-0.1, -0.05) is 29.8 Å². The van der Waals surface area contributed by atoms with E-state index in [-0.39, 0.29) is 5.63 Å². The summed E-state index contributed by atoms with van der Waals surface area (Å²) in [6, 6.07) is 14.0. The van der Waals surface area contributed by atoms with Crippen LogP contribution in [0, 0.1) is 6.92 Å². The van der Waals surface area contributed by atoms with Crippen molar-refractivity contribution >= 4 is 11.0 Å². The summed E-state index contributed by atoms with van der Waals surface area (Å²) in [5.74, 6) is 0.722. The lowest BCUT2D eigenvalue weighted by Crippen LogP contribution is -2.06. The Morgan fingerprint density at radius 3 is 2.83 bits per heavy atom. The largest absolute Gasteiger partial charge is 0.489 e. The van der Waals surface area contributed by atoms with Crippen LogP contribution in [0.3, 0.4) is 0 Å². The summed E-state index contributed by atoms with van der Waals surface area (Å²) >= 11 is 0. The number of rotatable bonds is 3. The van der Waals surface area contributed by atoms with Crippen LogP contribution in [-0.4, -0.2) is 0 Å². The average Bonchev–Trinajstić information content (AvgIpc) is 3.03. The fraction of sp³-hybridized carbons (Fsp3) is 0.250. The minimum Gasteiger partial charge on any atom is -0.489 e. The number of fused-ring (bicyclic) bond motifs is 3. The van der Waals surface area contributed by atoms with E-state index in [0.29, 0.717) is 12.2 Å². The topological polar surface area (TPSA) is 39.4 Å². The van der Waals surface area contributed by atoms with Gasteiger partial charge < -0.3 is 9.15 Å². The van der Waals surface area contributed by atoms with Gasteiger partial charge in [0.25, 0.3) is 0 Å². The minimum atomic E-state index is -0.194. The average molecular weight is 306 g/mol. The van der Waals surface area contributed by atoms with Gasteiger partial charge in [0.05, 0.1) is 0 Å². The summed E-state index contributed by atoms with van der Waals surface area (Å²) in [4.78, 5) is 12.0. The quantitative estimate of drug-likeness (QED) is 0.682. The van der Waals surface area contributed by atoms with Gasteiger partial charge in [0.15, 0.2) is 0 Å². The Kier molecular flexibility index (Phi) is 3.41. The summed E-state index contributed by atoms with van der Waals surface area (Å²) in [7, 11) is 0. The van der Waals surface area contributed by atoms with Gasteiger partial charge in [-0.05, 0) is 49.4 Å². The van der Waals surface area contributed by atoms with Crippen LogP contribution in [-0.2, 0) is 19.4 Å². The van der Waals surface area contributed by atoms with Crippen molar-refractivity contribution in [2.75, 3.05) is 0 Å². The molecule has 3 heteroatoms. The third-order valence-electron chi connectivity index (χ3n) is 4.43. The normalized spacial score (nSPS) is 13.3. The molecule has 23 heavy (non-hydrogen) atoms. The van der Waals surface area contributed by atoms with Crippen molar-refractivity contribution in [3.8, 4) is 5.75 Å². The molecule has 0 unspecified atom stereocenters. The molecule has 4 rings (SSSR count). The first-order chi connectivity index (χ1) is 11.2. The Bertz CT molecular complexity index is 937. The van der Waals surface area contributed by atoms with E-state index < -0.39 is 0 Å². The van der Waals surface area contributed by atoms with E-state index in [1.165, 1.54) is 5.56 Å². The first kappa shape index (κ1) is 14.1. The standard InChI is InChI=1S/C20H18O3/c1-13-4-2-5-14(10-13)12-22-15-8-9-17-16-6-3-7-18(16)20(21)23-19(17)11-15/h2,4-5,8-11H,3,6-7,12H2,1H3. The fourth-order valence-corrected chi connectivity index (χ4v) is 3.32. The molecule has 0 fully saturated rings. The summed E-state index contributed by atoms with van der Waals surface area (Å²) in [5, 5.41) is 1.04. The third kappa shape index (κ3) is 2.63. The van der Waals surface area contributed by atoms with Crippen molar-refractivity contribution in [1.29, 1.82) is 0 Å². The van der Waals surface area contributed by atoms with Crippen molar-refractivity contribution in [1.82, 2.24) is 0 Å². The van der Waals surface area contributed by atoms with Crippen LogP contribution in [0.25, 0.3) is 11.0 Å². The van der Waals surface area contributed by atoms with Gasteiger partial charge in [-0.3, -0.25) is 0 Å². The van der Waals surface area contributed by atoms with Crippen molar-refractivity contribution in [3.63, 3.8) is 0 Å². The molecule has 0 amide bonds. The van der Waals surface area contributed by atoms with Crippen molar-refractivity contribution in [3.05, 3.63) is 75.1 Å². The highest BCUT2D eigenvalue weighted by Gasteiger charge is 2.19. The molecule has 1 aliphatic rings. The molecule has 0 spiro atoms. The molecule has 3 aromatic rings. The lowest BCUT2D eigenvalue weighted by Gasteiger charge is -2.09. The number of hydrogen-bond donors (Lipinski definition) is 0. The highest BCUT2D eigenvalue weighted by molar-refractivity contribution is 5.83. The molecule has 0 bridgehead atoms. The highest BCUT2D eigenvalue weighted by atomic mass is 16.5. The summed E-state index contributed by atoms with van der Waals surface area (Å²) in [6.07, 6.45) is 2.82. The molecule has 0 N–H and O–H groups in total. The number of ether oxygens (including phenoxy) is 1. The lowest BCUT2D eigenvalue weighted by atomic mass is 10.1. The van der Waals surface area contributed by atoms with E-state index in [0.717, 1.165) is 47.1 Å². The monoisotopic (exact) mass is 306 g/mol. The van der Waals surface area contributed by atoms with Crippen LogP contribution in [0.15, 0.2) is 51.7 Å². The molecule has 1 heterocycles. The maximum Gasteiger partial charge on any atom is 0.339 e. The molecule has 3 nitrogen and oxygen atoms in total. The molecule has 0 radical (unpaired) electrons. The summed E-state index contributed by atoms with van der Waals surface area (Å²) in [5.41, 5.74) is 4.78. The van der Waals surface area contributed by atoms with Crippen LogP contribution in [0.1, 0.15) is 28.7 Å². The van der Waals surface area contributed by atoms with Gasteiger partial charge in [-0.25, -0.2) is 4.79 Å². The van der Waals surface area contributed by atoms with Gasteiger partial charge in [-0.2, -0.15) is 0 Å². The maximum absolute atomic E-state index is 12.0. The molecule has 0 aliphatic heterocycles. The second-order valence-electron chi connectivity index (χ2n) is 6.14. The first-order valence-electron chi connectivity index (χ1n) is 7.98. The van der Waals surface area contributed by atoms with Crippen LogP contribution < -0.4 is 10.4 Å². The van der Waals surface area contributed by atoms with E-state index in [4.69, 9.17) is 9.15 Å². The predicted molar refractivity (Wildman–Crippen MR) is 90.0 cm³/mol. The van der Waals surface area contributed by atoms with Crippen molar-refractivity contribution < 1.29 is 9.15 Å². The number of aryl methyl sites for hydroxylation is 2. The van der Waals surface area contributed by atoms with E-state index in [2.05, 4.69) is 19.1 Å². The SMILES string of the molecule is Cc1cccc(COc2ccc3c4c(c(=O)oc3c2)CCC4)c1. The Balaban J connectivity index is 1.64. The minimum absolute atomic E-state index is 0.194. The maximum atomic E-state index is 12.0. The van der Waals surface area contributed by atoms with E-state index in [1.807, 2.05) is 30.3 Å². The fourth-order valence-electron chi connectivity index (χ4n) is 3.32. The zero-order valence-electron chi connectivity index (χ0n) is 13.1. The summed E-state index contributed by atoms with van der Waals surface area (Å²) < 4.78 is 11.3. The van der Waals surface area contributed by atoms with E-state index in [1.54, 1.807) is 0 Å². The van der Waals surface area contributed by atoms with Crippen LogP contribution in [0.5, 0.6) is 5.75 Å². The summed E-state index contributed by atoms with van der Waals surface area (Å²) in [6.45, 7) is 2.57. The van der Waals surface area contributed by atoms with Crippen molar-refractivity contribution in [2.45, 2.75) is 32.8 Å². The predicted octanol–water partition coefficient (Wildman–Crippen LogP) is 4.17. The van der Waals surface area contributed by atoms with Gasteiger partial charge in [0.2, 0.25) is 0 Å².